The minimum atomic E-state index is -5.08. The number of methoxy groups -OCH3 is 1. The van der Waals surface area contributed by atoms with Gasteiger partial charge in [0, 0.05) is 56.3 Å². The maximum atomic E-state index is 10.6. The maximum Gasteiger partial charge on any atom is 0.490 e. The molecule has 3 heterocycles. The highest BCUT2D eigenvalue weighted by molar-refractivity contribution is 7.09. The number of alkyl halides is 3. The van der Waals surface area contributed by atoms with E-state index in [1.165, 1.54) is 11.3 Å². The molecular formula is C17H23F3N4O3S. The van der Waals surface area contributed by atoms with Crippen LogP contribution in [-0.2, 0) is 29.2 Å². The van der Waals surface area contributed by atoms with Gasteiger partial charge in [-0.1, -0.05) is 0 Å². The fraction of sp³-hybridized carbons (Fsp3) is 0.588. The quantitative estimate of drug-likeness (QED) is 0.801. The summed E-state index contributed by atoms with van der Waals surface area (Å²) in [6.45, 7) is 8.64. The van der Waals surface area contributed by atoms with Gasteiger partial charge in [-0.2, -0.15) is 18.3 Å². The Morgan fingerprint density at radius 3 is 2.64 bits per heavy atom. The van der Waals surface area contributed by atoms with Gasteiger partial charge < -0.3 is 9.84 Å². The van der Waals surface area contributed by atoms with E-state index >= 15 is 0 Å². The zero-order chi connectivity index (χ0) is 20.9. The van der Waals surface area contributed by atoms with Crippen LogP contribution in [0.5, 0.6) is 0 Å². The minimum Gasteiger partial charge on any atom is -0.475 e. The molecule has 0 saturated carbocycles. The molecule has 1 aliphatic rings. The first kappa shape index (κ1) is 22.3. The lowest BCUT2D eigenvalue weighted by atomic mass is 9.95. The number of aromatic nitrogens is 3. The average molecular weight is 420 g/mol. The van der Waals surface area contributed by atoms with Crippen LogP contribution in [0.2, 0.25) is 0 Å². The molecule has 1 unspecified atom stereocenters. The molecule has 3 rings (SSSR count). The van der Waals surface area contributed by atoms with E-state index < -0.39 is 12.1 Å². The topological polar surface area (TPSA) is 80.5 Å². The number of nitrogens with zero attached hydrogens (tertiary/aromatic N) is 4. The molecule has 0 fully saturated rings. The van der Waals surface area contributed by atoms with Crippen LogP contribution in [0.25, 0.3) is 0 Å². The lowest BCUT2D eigenvalue weighted by molar-refractivity contribution is -0.192. The van der Waals surface area contributed by atoms with E-state index in [1.807, 2.05) is 4.68 Å². The van der Waals surface area contributed by atoms with Gasteiger partial charge in [0.25, 0.3) is 0 Å². The van der Waals surface area contributed by atoms with Crippen molar-refractivity contribution in [3.63, 3.8) is 0 Å². The van der Waals surface area contributed by atoms with E-state index in [4.69, 9.17) is 19.7 Å². The van der Waals surface area contributed by atoms with E-state index in [0.717, 1.165) is 43.5 Å². The van der Waals surface area contributed by atoms with Crippen molar-refractivity contribution in [2.24, 2.45) is 0 Å². The number of hydrogen-bond acceptors (Lipinski definition) is 6. The van der Waals surface area contributed by atoms with Crippen LogP contribution in [-0.4, -0.2) is 57.2 Å². The van der Waals surface area contributed by atoms with Gasteiger partial charge in [0.1, 0.15) is 0 Å². The third kappa shape index (κ3) is 6.01. The number of rotatable bonds is 5. The normalized spacial score (nSPS) is 17.0. The van der Waals surface area contributed by atoms with Crippen molar-refractivity contribution in [2.45, 2.75) is 45.6 Å². The van der Waals surface area contributed by atoms with Crippen molar-refractivity contribution < 1.29 is 27.8 Å². The van der Waals surface area contributed by atoms with Crippen molar-refractivity contribution in [3.8, 4) is 0 Å². The number of aliphatic carboxylic acids is 1. The van der Waals surface area contributed by atoms with Gasteiger partial charge in [0.2, 0.25) is 0 Å². The van der Waals surface area contributed by atoms with E-state index in [9.17, 15) is 13.2 Å². The van der Waals surface area contributed by atoms with E-state index in [1.54, 1.807) is 18.4 Å². The van der Waals surface area contributed by atoms with E-state index in [-0.39, 0.29) is 0 Å². The Balaban J connectivity index is 0.000000345. The highest BCUT2D eigenvalue weighted by atomic mass is 32.1. The maximum absolute atomic E-state index is 10.6. The molecular weight excluding hydrogens is 397 g/mol. The number of thiazole rings is 1. The van der Waals surface area contributed by atoms with Crippen LogP contribution in [0.3, 0.4) is 0 Å². The van der Waals surface area contributed by atoms with Gasteiger partial charge in [-0.15, -0.1) is 11.3 Å². The zero-order valence-electron chi connectivity index (χ0n) is 15.9. The first-order chi connectivity index (χ1) is 13.1. The summed E-state index contributed by atoms with van der Waals surface area (Å²) in [6.07, 6.45) is -2.90. The molecule has 0 amide bonds. The van der Waals surface area contributed by atoms with Crippen molar-refractivity contribution in [2.75, 3.05) is 20.3 Å². The largest absolute Gasteiger partial charge is 0.490 e. The highest BCUT2D eigenvalue weighted by Gasteiger charge is 2.38. The SMILES string of the molecule is CCn1cc2c(n1)CN(Cc1csc(C)n1)CC2COC.O=C(O)C(F)(F)F. The van der Waals surface area contributed by atoms with Gasteiger partial charge in [-0.05, 0) is 13.8 Å². The van der Waals surface area contributed by atoms with E-state index in [0.29, 0.717) is 5.92 Å². The van der Waals surface area contributed by atoms with Crippen molar-refractivity contribution in [3.05, 3.63) is 33.5 Å². The molecule has 0 radical (unpaired) electrons. The predicted molar refractivity (Wildman–Crippen MR) is 97.2 cm³/mol. The summed E-state index contributed by atoms with van der Waals surface area (Å²) in [4.78, 5) is 15.9. The minimum absolute atomic E-state index is 0.402. The van der Waals surface area contributed by atoms with Gasteiger partial charge in [0.05, 0.1) is 23.0 Å². The smallest absolute Gasteiger partial charge is 0.475 e. The summed E-state index contributed by atoms with van der Waals surface area (Å²) in [5.74, 6) is -2.36. The molecule has 156 valence electrons. The summed E-state index contributed by atoms with van der Waals surface area (Å²) in [7, 11) is 1.77. The molecule has 7 nitrogen and oxygen atoms in total. The zero-order valence-corrected chi connectivity index (χ0v) is 16.7. The summed E-state index contributed by atoms with van der Waals surface area (Å²) >= 11 is 1.72. The molecule has 2 aromatic rings. The lowest BCUT2D eigenvalue weighted by Gasteiger charge is -2.31. The standard InChI is InChI=1S/C15H22N4OS.C2HF3O2/c1-4-19-7-14-12(9-20-3)5-18(8-15(14)17-19)6-13-10-21-11(2)16-13;3-2(4,5)1(6)7/h7,10,12H,4-6,8-9H2,1-3H3;(H,6,7). The first-order valence-corrected chi connectivity index (χ1v) is 9.50. The molecule has 1 N–H and O–H groups in total. The highest BCUT2D eigenvalue weighted by Crippen LogP contribution is 2.29. The molecule has 0 aromatic carbocycles. The molecule has 0 spiro atoms. The van der Waals surface area contributed by atoms with Crippen LogP contribution >= 0.6 is 11.3 Å². The molecule has 0 bridgehead atoms. The predicted octanol–water partition coefficient (Wildman–Crippen LogP) is 3.05. The molecule has 2 aromatic heterocycles. The van der Waals surface area contributed by atoms with Gasteiger partial charge in [-0.3, -0.25) is 9.58 Å². The molecule has 28 heavy (non-hydrogen) atoms. The number of fused-ring (bicyclic) bond motifs is 1. The van der Waals surface area contributed by atoms with Crippen molar-refractivity contribution >= 4 is 17.3 Å². The number of hydrogen-bond donors (Lipinski definition) is 1. The Hall–Kier alpha value is -1.98. The number of aryl methyl sites for hydroxylation is 2. The average Bonchev–Trinajstić information content (AvgIpc) is 3.20. The molecule has 0 aliphatic carbocycles. The fourth-order valence-electron chi connectivity index (χ4n) is 2.96. The Kier molecular flexibility index (Phi) is 7.55. The van der Waals surface area contributed by atoms with Crippen LogP contribution < -0.4 is 0 Å². The Bertz CT molecular complexity index is 791. The summed E-state index contributed by atoms with van der Waals surface area (Å²) in [5.41, 5.74) is 3.70. The van der Waals surface area contributed by atoms with Crippen LogP contribution in [0.4, 0.5) is 13.2 Å². The second-order valence-electron chi connectivity index (χ2n) is 6.37. The van der Waals surface area contributed by atoms with Crippen LogP contribution in [0.15, 0.2) is 11.6 Å². The third-order valence-corrected chi connectivity index (χ3v) is 4.97. The number of carbonyl (C=O) groups is 1. The van der Waals surface area contributed by atoms with E-state index in [2.05, 4.69) is 35.3 Å². The van der Waals surface area contributed by atoms with Crippen molar-refractivity contribution in [1.29, 1.82) is 0 Å². The molecule has 1 atom stereocenters. The summed E-state index contributed by atoms with van der Waals surface area (Å²) in [6, 6.07) is 0. The summed E-state index contributed by atoms with van der Waals surface area (Å²) in [5, 5.41) is 15.1. The molecule has 11 heteroatoms. The second-order valence-corrected chi connectivity index (χ2v) is 7.43. The Labute approximate surface area is 164 Å². The van der Waals surface area contributed by atoms with Gasteiger partial charge in [-0.25, -0.2) is 9.78 Å². The first-order valence-electron chi connectivity index (χ1n) is 8.62. The molecule has 0 saturated heterocycles. The number of ether oxygens (including phenoxy) is 1. The third-order valence-electron chi connectivity index (χ3n) is 4.15. The van der Waals surface area contributed by atoms with Gasteiger partial charge in [0.15, 0.2) is 0 Å². The number of halogens is 3. The van der Waals surface area contributed by atoms with Crippen LogP contribution in [0.1, 0.15) is 34.8 Å². The fourth-order valence-corrected chi connectivity index (χ4v) is 3.57. The van der Waals surface area contributed by atoms with Gasteiger partial charge >= 0.3 is 12.1 Å². The van der Waals surface area contributed by atoms with Crippen molar-refractivity contribution in [1.82, 2.24) is 19.7 Å². The lowest BCUT2D eigenvalue weighted by Crippen LogP contribution is -2.34. The second kappa shape index (κ2) is 9.48. The Morgan fingerprint density at radius 2 is 2.14 bits per heavy atom. The molecule has 1 aliphatic heterocycles. The number of carboxylic acid groups (broad SMARTS) is 1. The summed E-state index contributed by atoms with van der Waals surface area (Å²) < 4.78 is 39.2. The Morgan fingerprint density at radius 1 is 1.46 bits per heavy atom. The van der Waals surface area contributed by atoms with Crippen LogP contribution in [0, 0.1) is 6.92 Å². The number of carboxylic acids is 1. The monoisotopic (exact) mass is 420 g/mol.